The Bertz CT molecular complexity index is 1760. The third kappa shape index (κ3) is 5.48. The molecule has 3 amide bonds. The van der Waals surface area contributed by atoms with Crippen molar-refractivity contribution in [2.45, 2.75) is 42.9 Å². The molecular formula is C34H35F2N7O2S. The smallest absolute Gasteiger partial charge is 0.324 e. The molecule has 2 N–H and O–H groups in total. The first kappa shape index (κ1) is 30.2. The van der Waals surface area contributed by atoms with E-state index in [4.69, 9.17) is 0 Å². The zero-order valence-corrected chi connectivity index (χ0v) is 26.3. The largest absolute Gasteiger partial charge is 0.339 e. The van der Waals surface area contributed by atoms with Crippen molar-refractivity contribution in [2.75, 3.05) is 32.4 Å². The van der Waals surface area contributed by atoms with Crippen molar-refractivity contribution in [3.8, 4) is 33.6 Å². The number of nitrogens with one attached hydrogen (secondary N) is 2. The number of amides is 3. The molecule has 46 heavy (non-hydrogen) atoms. The number of hydrogen-bond acceptors (Lipinski definition) is 5. The number of H-pyrrole nitrogens is 2. The van der Waals surface area contributed by atoms with E-state index in [0.29, 0.717) is 24.5 Å². The molecule has 3 aliphatic heterocycles. The minimum atomic E-state index is -2.70. The van der Waals surface area contributed by atoms with Gasteiger partial charge in [-0.05, 0) is 47.8 Å². The second kappa shape index (κ2) is 12.1. The molecule has 9 nitrogen and oxygen atoms in total. The summed E-state index contributed by atoms with van der Waals surface area (Å²) in [6, 6.07) is 16.2. The van der Waals surface area contributed by atoms with E-state index < -0.39 is 10.8 Å². The molecule has 2 aromatic heterocycles. The molecule has 4 aromatic rings. The number of halogens is 2. The van der Waals surface area contributed by atoms with Crippen LogP contribution in [0.4, 0.5) is 13.6 Å². The standard InChI is InChI=1S/C34H35F2N7O2S/c1-46-34(13-3-16-42(34)22-44)31-38-21-28(40-31)26-11-7-24(8-12-26)23-5-9-25(10-6-23)27-20-37-30(39-27)29-4-2-17-43(29)32(45)41-18-14-33(35,36)15-19-41/h4-12,20-22H,2-3,13-19H2,1H3,(H,37,39)(H,38,40). The summed E-state index contributed by atoms with van der Waals surface area (Å²) in [5.74, 6) is -1.31. The monoisotopic (exact) mass is 643 g/mol. The van der Waals surface area contributed by atoms with Gasteiger partial charge in [-0.25, -0.2) is 23.5 Å². The molecule has 0 radical (unpaired) electrons. The third-order valence-electron chi connectivity index (χ3n) is 9.31. The molecule has 5 heterocycles. The molecule has 0 saturated carbocycles. The topological polar surface area (TPSA) is 101 Å². The van der Waals surface area contributed by atoms with Crippen LogP contribution in [-0.4, -0.2) is 85.4 Å². The Morgan fingerprint density at radius 3 is 2.09 bits per heavy atom. The van der Waals surface area contributed by atoms with Crippen LogP contribution in [0.3, 0.4) is 0 Å². The van der Waals surface area contributed by atoms with Crippen LogP contribution in [0.5, 0.6) is 0 Å². The second-order valence-corrected chi connectivity index (χ2v) is 13.1. The Hall–Kier alpha value is -4.45. The Morgan fingerprint density at radius 1 is 0.848 bits per heavy atom. The number of carbonyl (C=O) groups excluding carboxylic acids is 2. The lowest BCUT2D eigenvalue weighted by atomic mass is 10.0. The number of thioether (sulfide) groups is 1. The quantitative estimate of drug-likeness (QED) is 0.216. The number of alkyl halides is 2. The average Bonchev–Trinajstić information content (AvgIpc) is 3.90. The van der Waals surface area contributed by atoms with Gasteiger partial charge < -0.3 is 19.8 Å². The molecule has 7 rings (SSSR count). The first-order valence-corrected chi connectivity index (χ1v) is 16.8. The number of imidazole rings is 2. The molecule has 238 valence electrons. The number of benzene rings is 2. The summed E-state index contributed by atoms with van der Waals surface area (Å²) in [7, 11) is 0. The summed E-state index contributed by atoms with van der Waals surface area (Å²) in [4.78, 5) is 45.4. The molecule has 0 spiro atoms. The van der Waals surface area contributed by atoms with Crippen LogP contribution in [0.1, 0.15) is 43.8 Å². The van der Waals surface area contributed by atoms with Gasteiger partial charge in [-0.15, -0.1) is 11.8 Å². The average molecular weight is 644 g/mol. The van der Waals surface area contributed by atoms with Crippen LogP contribution < -0.4 is 0 Å². The van der Waals surface area contributed by atoms with Crippen LogP contribution >= 0.6 is 11.8 Å². The Labute approximate surface area is 270 Å². The third-order valence-corrected chi connectivity index (χ3v) is 10.6. The lowest BCUT2D eigenvalue weighted by molar-refractivity contribution is -0.119. The zero-order chi connectivity index (χ0) is 31.9. The normalized spacial score (nSPS) is 21.1. The predicted octanol–water partition coefficient (Wildman–Crippen LogP) is 6.80. The number of aromatic amines is 2. The van der Waals surface area contributed by atoms with Crippen molar-refractivity contribution in [3.63, 3.8) is 0 Å². The number of carbonyl (C=O) groups is 2. The molecule has 2 aromatic carbocycles. The predicted molar refractivity (Wildman–Crippen MR) is 175 cm³/mol. The number of hydrogen-bond donors (Lipinski definition) is 2. The minimum absolute atomic E-state index is 0.0539. The van der Waals surface area contributed by atoms with Crippen molar-refractivity contribution in [1.29, 1.82) is 0 Å². The maximum atomic E-state index is 13.6. The van der Waals surface area contributed by atoms with E-state index in [2.05, 4.69) is 56.3 Å². The summed E-state index contributed by atoms with van der Waals surface area (Å²) in [6.45, 7) is 1.35. The van der Waals surface area contributed by atoms with Crippen LogP contribution in [0.25, 0.3) is 39.3 Å². The van der Waals surface area contributed by atoms with Crippen molar-refractivity contribution in [3.05, 3.63) is 78.6 Å². The Morgan fingerprint density at radius 2 is 1.46 bits per heavy atom. The van der Waals surface area contributed by atoms with E-state index >= 15 is 0 Å². The minimum Gasteiger partial charge on any atom is -0.339 e. The van der Waals surface area contributed by atoms with Gasteiger partial charge in [0, 0.05) is 39.0 Å². The molecule has 2 saturated heterocycles. The van der Waals surface area contributed by atoms with Crippen molar-refractivity contribution in [1.82, 2.24) is 34.6 Å². The van der Waals surface area contributed by atoms with Crippen LogP contribution in [0, 0.1) is 0 Å². The maximum Gasteiger partial charge on any atom is 0.324 e. The van der Waals surface area contributed by atoms with Crippen molar-refractivity contribution in [2.24, 2.45) is 0 Å². The number of rotatable bonds is 7. The van der Waals surface area contributed by atoms with E-state index in [-0.39, 0.29) is 32.0 Å². The highest BCUT2D eigenvalue weighted by atomic mass is 32.2. The van der Waals surface area contributed by atoms with Crippen molar-refractivity contribution < 1.29 is 18.4 Å². The highest BCUT2D eigenvalue weighted by molar-refractivity contribution is 7.99. The van der Waals surface area contributed by atoms with Crippen LogP contribution in [-0.2, 0) is 9.67 Å². The molecule has 12 heteroatoms. The van der Waals surface area contributed by atoms with E-state index in [0.717, 1.165) is 65.3 Å². The molecule has 0 bridgehead atoms. The highest BCUT2D eigenvalue weighted by Crippen LogP contribution is 2.45. The fourth-order valence-electron chi connectivity index (χ4n) is 6.65. The summed E-state index contributed by atoms with van der Waals surface area (Å²) in [5.41, 5.74) is 6.53. The fourth-order valence-corrected chi connectivity index (χ4v) is 7.66. The van der Waals surface area contributed by atoms with Gasteiger partial charge in [0.15, 0.2) is 5.82 Å². The first-order chi connectivity index (χ1) is 22.3. The van der Waals surface area contributed by atoms with Crippen LogP contribution in [0.15, 0.2) is 67.0 Å². The van der Waals surface area contributed by atoms with Crippen LogP contribution in [0.2, 0.25) is 0 Å². The van der Waals surface area contributed by atoms with Crippen molar-refractivity contribution >= 4 is 29.9 Å². The number of likely N-dealkylation sites (tertiary alicyclic amines) is 2. The van der Waals surface area contributed by atoms with Gasteiger partial charge in [0.1, 0.15) is 10.7 Å². The van der Waals surface area contributed by atoms with Gasteiger partial charge in [0.05, 0.1) is 29.5 Å². The molecule has 1 atom stereocenters. The van der Waals surface area contributed by atoms with Gasteiger partial charge in [-0.1, -0.05) is 54.6 Å². The second-order valence-electron chi connectivity index (χ2n) is 12.0. The summed E-state index contributed by atoms with van der Waals surface area (Å²) >= 11 is 1.64. The SMILES string of the molecule is CSC1(c2ncc(-c3ccc(-c4ccc(-c5cnc(C6=CCCN6C(=O)N6CCC(F)(F)CC6)[nH]5)cc4)cc3)[nH]2)CCCN1C=O. The van der Waals surface area contributed by atoms with Gasteiger partial charge in [0.25, 0.3) is 5.92 Å². The van der Waals surface area contributed by atoms with Gasteiger partial charge >= 0.3 is 6.03 Å². The number of urea groups is 1. The molecule has 3 aliphatic rings. The lowest BCUT2D eigenvalue weighted by Crippen LogP contribution is -2.47. The highest BCUT2D eigenvalue weighted by Gasteiger charge is 2.44. The molecule has 0 aliphatic carbocycles. The van der Waals surface area contributed by atoms with E-state index in [1.807, 2.05) is 35.6 Å². The lowest BCUT2D eigenvalue weighted by Gasteiger charge is -2.34. The number of aromatic nitrogens is 4. The Kier molecular flexibility index (Phi) is 7.92. The van der Waals surface area contributed by atoms with Gasteiger partial charge in [-0.2, -0.15) is 0 Å². The van der Waals surface area contributed by atoms with Gasteiger partial charge in [-0.3, -0.25) is 9.69 Å². The number of nitrogens with zero attached hydrogens (tertiary/aromatic N) is 5. The van der Waals surface area contributed by atoms with E-state index in [1.54, 1.807) is 22.9 Å². The molecular weight excluding hydrogens is 608 g/mol. The summed E-state index contributed by atoms with van der Waals surface area (Å²) in [5, 5.41) is 0. The molecule has 2 fully saturated rings. The first-order valence-electron chi connectivity index (χ1n) is 15.5. The zero-order valence-electron chi connectivity index (χ0n) is 25.5. The maximum absolute atomic E-state index is 13.6. The Balaban J connectivity index is 1.02. The van der Waals surface area contributed by atoms with E-state index in [1.165, 1.54) is 4.90 Å². The van der Waals surface area contributed by atoms with E-state index in [9.17, 15) is 18.4 Å². The summed E-state index contributed by atoms with van der Waals surface area (Å²) < 4.78 is 27.2. The fraction of sp³-hybridized carbons (Fsp3) is 0.353. The molecule has 1 unspecified atom stereocenters. The van der Waals surface area contributed by atoms with Gasteiger partial charge in [0.2, 0.25) is 6.41 Å². The summed E-state index contributed by atoms with van der Waals surface area (Å²) in [6.07, 6.45) is 10.4. The number of piperidine rings is 1.